The molecular weight excluding hydrogens is 344 g/mol. The average molecular weight is 352 g/mol. The maximum Gasteiger partial charge on any atom is 0.299 e. The van der Waals surface area contributed by atoms with Crippen LogP contribution in [0.15, 0.2) is 40.9 Å². The highest BCUT2D eigenvalue weighted by Crippen LogP contribution is 2.31. The number of carbonyl (C=O) groups excluding carboxylic acids is 2. The third kappa shape index (κ3) is 2.35. The molecule has 0 bridgehead atoms. The summed E-state index contributed by atoms with van der Waals surface area (Å²) in [5.74, 6) is -2.63. The van der Waals surface area contributed by atoms with Crippen LogP contribution in [-0.2, 0) is 11.3 Å². The lowest BCUT2D eigenvalue weighted by atomic mass is 10.1. The fourth-order valence-corrected chi connectivity index (χ4v) is 2.67. The molecule has 0 saturated carbocycles. The van der Waals surface area contributed by atoms with Crippen molar-refractivity contribution >= 4 is 33.3 Å². The smallest absolute Gasteiger partial charge is 0.299 e. The molecule has 0 atom stereocenters. The van der Waals surface area contributed by atoms with Gasteiger partial charge in [0.15, 0.2) is 0 Å². The number of benzene rings is 2. The standard InChI is InChI=1S/C15H8BrF2NO2/c16-9-1-3-12(18)8(5-9)7-19-13-4-2-10(17)6-11(13)14(20)15(19)21/h1-6H,7H2. The summed E-state index contributed by atoms with van der Waals surface area (Å²) >= 11 is 3.23. The first kappa shape index (κ1) is 13.9. The van der Waals surface area contributed by atoms with E-state index in [1.54, 1.807) is 6.07 Å². The molecule has 0 N–H and O–H groups in total. The minimum Gasteiger partial charge on any atom is -0.300 e. The van der Waals surface area contributed by atoms with Gasteiger partial charge in [-0.1, -0.05) is 15.9 Å². The van der Waals surface area contributed by atoms with E-state index in [4.69, 9.17) is 0 Å². The van der Waals surface area contributed by atoms with E-state index in [1.807, 2.05) is 0 Å². The van der Waals surface area contributed by atoms with Gasteiger partial charge in [-0.05, 0) is 36.4 Å². The van der Waals surface area contributed by atoms with E-state index in [0.29, 0.717) is 10.2 Å². The first-order valence-electron chi connectivity index (χ1n) is 6.07. The fraction of sp³-hybridized carbons (Fsp3) is 0.0667. The number of rotatable bonds is 2. The summed E-state index contributed by atoms with van der Waals surface area (Å²) < 4.78 is 27.6. The quantitative estimate of drug-likeness (QED) is 0.777. The van der Waals surface area contributed by atoms with Crippen LogP contribution in [0.4, 0.5) is 14.5 Å². The summed E-state index contributed by atoms with van der Waals surface area (Å²) in [6, 6.07) is 7.88. The Labute approximate surface area is 127 Å². The number of Topliss-reactive ketones (excluding diaryl/α,β-unsaturated/α-hetero) is 1. The molecule has 1 amide bonds. The summed E-state index contributed by atoms with van der Waals surface area (Å²) in [5.41, 5.74) is 0.573. The van der Waals surface area contributed by atoms with Crippen molar-refractivity contribution in [3.63, 3.8) is 0 Å². The molecule has 106 valence electrons. The van der Waals surface area contributed by atoms with Crippen molar-refractivity contribution < 1.29 is 18.4 Å². The second-order valence-corrected chi connectivity index (χ2v) is 5.53. The van der Waals surface area contributed by atoms with Gasteiger partial charge in [0, 0.05) is 10.0 Å². The second-order valence-electron chi connectivity index (χ2n) is 4.62. The van der Waals surface area contributed by atoms with Crippen LogP contribution in [0.5, 0.6) is 0 Å². The minimum atomic E-state index is -0.782. The zero-order valence-electron chi connectivity index (χ0n) is 10.6. The maximum absolute atomic E-state index is 13.8. The average Bonchev–Trinajstić information content (AvgIpc) is 2.68. The summed E-state index contributed by atoms with van der Waals surface area (Å²) in [7, 11) is 0. The van der Waals surface area contributed by atoms with Crippen LogP contribution < -0.4 is 4.90 Å². The lowest BCUT2D eigenvalue weighted by Crippen LogP contribution is -2.29. The van der Waals surface area contributed by atoms with Gasteiger partial charge in [-0.25, -0.2) is 8.78 Å². The number of carbonyl (C=O) groups is 2. The molecule has 1 aliphatic rings. The highest BCUT2D eigenvalue weighted by Gasteiger charge is 2.36. The lowest BCUT2D eigenvalue weighted by molar-refractivity contribution is -0.114. The number of halogens is 3. The molecule has 2 aromatic carbocycles. The molecule has 0 radical (unpaired) electrons. The lowest BCUT2D eigenvalue weighted by Gasteiger charge is -2.17. The van der Waals surface area contributed by atoms with E-state index in [9.17, 15) is 18.4 Å². The van der Waals surface area contributed by atoms with Gasteiger partial charge >= 0.3 is 0 Å². The molecule has 6 heteroatoms. The van der Waals surface area contributed by atoms with Crippen molar-refractivity contribution in [2.75, 3.05) is 4.90 Å². The molecule has 0 fully saturated rings. The third-order valence-corrected chi connectivity index (χ3v) is 3.76. The first-order valence-corrected chi connectivity index (χ1v) is 6.86. The highest BCUT2D eigenvalue weighted by molar-refractivity contribution is 9.10. The molecule has 3 nitrogen and oxygen atoms in total. The van der Waals surface area contributed by atoms with Crippen LogP contribution in [0.2, 0.25) is 0 Å². The van der Waals surface area contributed by atoms with Crippen molar-refractivity contribution in [1.29, 1.82) is 0 Å². The molecule has 0 aliphatic carbocycles. The number of anilines is 1. The fourth-order valence-electron chi connectivity index (χ4n) is 2.26. The summed E-state index contributed by atoms with van der Waals surface area (Å²) in [4.78, 5) is 25.0. The van der Waals surface area contributed by atoms with Crippen LogP contribution in [-0.4, -0.2) is 11.7 Å². The van der Waals surface area contributed by atoms with Crippen molar-refractivity contribution in [2.45, 2.75) is 6.54 Å². The Kier molecular flexibility index (Phi) is 3.33. The van der Waals surface area contributed by atoms with Crippen molar-refractivity contribution in [2.24, 2.45) is 0 Å². The molecule has 1 aliphatic heterocycles. The monoisotopic (exact) mass is 351 g/mol. The maximum atomic E-state index is 13.8. The van der Waals surface area contributed by atoms with Gasteiger partial charge in [-0.15, -0.1) is 0 Å². The predicted molar refractivity (Wildman–Crippen MR) is 76.0 cm³/mol. The highest BCUT2D eigenvalue weighted by atomic mass is 79.9. The number of hydrogen-bond acceptors (Lipinski definition) is 2. The Balaban J connectivity index is 2.02. The molecule has 3 rings (SSSR count). The zero-order chi connectivity index (χ0) is 15.1. The van der Waals surface area contributed by atoms with Crippen LogP contribution in [0, 0.1) is 11.6 Å². The molecule has 21 heavy (non-hydrogen) atoms. The van der Waals surface area contributed by atoms with Gasteiger partial charge < -0.3 is 4.90 Å². The molecule has 0 aromatic heterocycles. The first-order chi connectivity index (χ1) is 9.97. The van der Waals surface area contributed by atoms with E-state index < -0.39 is 23.3 Å². The number of amides is 1. The number of hydrogen-bond donors (Lipinski definition) is 0. The largest absolute Gasteiger partial charge is 0.300 e. The molecule has 2 aromatic rings. The van der Waals surface area contributed by atoms with Crippen molar-refractivity contribution in [3.05, 3.63) is 63.6 Å². The van der Waals surface area contributed by atoms with Gasteiger partial charge in [0.2, 0.25) is 0 Å². The van der Waals surface area contributed by atoms with E-state index in [-0.39, 0.29) is 17.7 Å². The van der Waals surface area contributed by atoms with Crippen LogP contribution in [0.25, 0.3) is 0 Å². The van der Waals surface area contributed by atoms with Gasteiger partial charge in [0.05, 0.1) is 17.8 Å². The number of fused-ring (bicyclic) bond motifs is 1. The van der Waals surface area contributed by atoms with E-state index >= 15 is 0 Å². The normalized spacial score (nSPS) is 13.8. The van der Waals surface area contributed by atoms with Crippen LogP contribution in [0.1, 0.15) is 15.9 Å². The van der Waals surface area contributed by atoms with Crippen LogP contribution >= 0.6 is 15.9 Å². The van der Waals surface area contributed by atoms with E-state index in [2.05, 4.69) is 15.9 Å². The molecule has 0 unspecified atom stereocenters. The molecule has 0 saturated heterocycles. The Morgan fingerprint density at radius 1 is 1.05 bits per heavy atom. The Hall–Kier alpha value is -2.08. The van der Waals surface area contributed by atoms with Crippen molar-refractivity contribution in [3.8, 4) is 0 Å². The Morgan fingerprint density at radius 3 is 2.57 bits per heavy atom. The minimum absolute atomic E-state index is 0.00963. The summed E-state index contributed by atoms with van der Waals surface area (Å²) in [6.07, 6.45) is 0. The van der Waals surface area contributed by atoms with Crippen molar-refractivity contribution in [1.82, 2.24) is 0 Å². The number of ketones is 1. The SMILES string of the molecule is O=C1C(=O)N(Cc2cc(Br)ccc2F)c2ccc(F)cc21. The van der Waals surface area contributed by atoms with Gasteiger partial charge in [-0.2, -0.15) is 0 Å². The molecular formula is C15H8BrF2NO2. The summed E-state index contributed by atoms with van der Waals surface area (Å²) in [6.45, 7) is -0.0888. The van der Waals surface area contributed by atoms with Gasteiger partial charge in [0.25, 0.3) is 11.7 Å². The topological polar surface area (TPSA) is 37.4 Å². The second kappa shape index (κ2) is 5.04. The molecule has 0 spiro atoms. The molecule has 1 heterocycles. The van der Waals surface area contributed by atoms with Crippen LogP contribution in [0.3, 0.4) is 0 Å². The van der Waals surface area contributed by atoms with Gasteiger partial charge in [-0.3, -0.25) is 9.59 Å². The van der Waals surface area contributed by atoms with E-state index in [0.717, 1.165) is 17.0 Å². The zero-order valence-corrected chi connectivity index (χ0v) is 12.2. The summed E-state index contributed by atoms with van der Waals surface area (Å²) in [5, 5.41) is 0. The number of nitrogens with zero attached hydrogens (tertiary/aromatic N) is 1. The van der Waals surface area contributed by atoms with Gasteiger partial charge in [0.1, 0.15) is 11.6 Å². The van der Waals surface area contributed by atoms with E-state index in [1.165, 1.54) is 18.2 Å². The third-order valence-electron chi connectivity index (χ3n) is 3.27. The Morgan fingerprint density at radius 2 is 1.81 bits per heavy atom. The predicted octanol–water partition coefficient (Wildman–Crippen LogP) is 3.46. The Bertz CT molecular complexity index is 776.